The molecule has 144 valence electrons. The van der Waals surface area contributed by atoms with Gasteiger partial charge >= 0.3 is 0 Å². The van der Waals surface area contributed by atoms with Crippen LogP contribution in [0.2, 0.25) is 0 Å². The van der Waals surface area contributed by atoms with Crippen LogP contribution in [0.4, 0.5) is 5.69 Å². The first-order chi connectivity index (χ1) is 13.1. The lowest BCUT2D eigenvalue weighted by Gasteiger charge is -2.37. The van der Waals surface area contributed by atoms with E-state index in [9.17, 15) is 4.79 Å². The Kier molecular flexibility index (Phi) is 5.19. The summed E-state index contributed by atoms with van der Waals surface area (Å²) in [5.41, 5.74) is 6.53. The fraction of sp³-hybridized carbons (Fsp3) is 0.545. The average molecular weight is 367 g/mol. The van der Waals surface area contributed by atoms with Gasteiger partial charge in [0, 0.05) is 38.1 Å². The van der Waals surface area contributed by atoms with E-state index in [0.717, 1.165) is 39.0 Å². The molecule has 0 atom stereocenters. The average Bonchev–Trinajstić information content (AvgIpc) is 2.92. The summed E-state index contributed by atoms with van der Waals surface area (Å²) in [6.45, 7) is 8.07. The van der Waals surface area contributed by atoms with E-state index < -0.39 is 0 Å². The van der Waals surface area contributed by atoms with E-state index in [1.165, 1.54) is 47.3 Å². The van der Waals surface area contributed by atoms with Crippen molar-refractivity contribution in [1.82, 2.24) is 14.7 Å². The van der Waals surface area contributed by atoms with Crippen molar-refractivity contribution < 1.29 is 4.79 Å². The molecule has 0 unspecified atom stereocenters. The van der Waals surface area contributed by atoms with Crippen LogP contribution in [-0.2, 0) is 24.2 Å². The van der Waals surface area contributed by atoms with Crippen molar-refractivity contribution in [2.75, 3.05) is 31.1 Å². The Morgan fingerprint density at radius 1 is 1.04 bits per heavy atom. The largest absolute Gasteiger partial charge is 0.368 e. The number of nitrogens with zero attached hydrogens (tertiary/aromatic N) is 4. The van der Waals surface area contributed by atoms with Gasteiger partial charge in [-0.1, -0.05) is 18.6 Å². The molecule has 1 aliphatic carbocycles. The summed E-state index contributed by atoms with van der Waals surface area (Å²) in [6, 6.07) is 6.47. The van der Waals surface area contributed by atoms with Crippen LogP contribution in [0.5, 0.6) is 0 Å². The Hall–Kier alpha value is -2.30. The van der Waals surface area contributed by atoms with E-state index in [1.807, 2.05) is 9.58 Å². The highest BCUT2D eigenvalue weighted by Gasteiger charge is 2.23. The van der Waals surface area contributed by atoms with Crippen molar-refractivity contribution in [3.05, 3.63) is 46.8 Å². The molecule has 0 radical (unpaired) electrons. The number of hydrogen-bond donors (Lipinski definition) is 0. The molecular weight excluding hydrogens is 336 g/mol. The maximum atomic E-state index is 12.8. The first-order valence-electron chi connectivity index (χ1n) is 10.3. The highest BCUT2D eigenvalue weighted by atomic mass is 16.2. The van der Waals surface area contributed by atoms with Gasteiger partial charge in [0.2, 0.25) is 5.91 Å². The predicted molar refractivity (Wildman–Crippen MR) is 108 cm³/mol. The lowest BCUT2D eigenvalue weighted by molar-refractivity contribution is -0.132. The smallest absolute Gasteiger partial charge is 0.244 e. The maximum Gasteiger partial charge on any atom is 0.244 e. The molecule has 0 saturated carbocycles. The number of amides is 1. The van der Waals surface area contributed by atoms with Gasteiger partial charge in [0.05, 0.1) is 5.69 Å². The number of piperazine rings is 1. The van der Waals surface area contributed by atoms with Crippen molar-refractivity contribution in [1.29, 1.82) is 0 Å². The van der Waals surface area contributed by atoms with Gasteiger partial charge in [-0.2, -0.15) is 5.10 Å². The highest BCUT2D eigenvalue weighted by molar-refractivity contribution is 5.76. The Morgan fingerprint density at radius 2 is 1.81 bits per heavy atom. The lowest BCUT2D eigenvalue weighted by Crippen LogP contribution is -2.49. The van der Waals surface area contributed by atoms with Gasteiger partial charge in [-0.3, -0.25) is 9.48 Å². The van der Waals surface area contributed by atoms with E-state index in [0.29, 0.717) is 6.54 Å². The van der Waals surface area contributed by atoms with Crippen LogP contribution in [0, 0.1) is 13.8 Å². The summed E-state index contributed by atoms with van der Waals surface area (Å²) in [5.74, 6) is 0.188. The number of carbonyl (C=O) groups is 1. The van der Waals surface area contributed by atoms with Crippen molar-refractivity contribution in [3.8, 4) is 0 Å². The Morgan fingerprint density at radius 3 is 2.63 bits per heavy atom. The number of carbonyl (C=O) groups excluding carboxylic acids is 1. The Bertz CT molecular complexity index is 794. The molecule has 1 fully saturated rings. The molecule has 2 aliphatic rings. The zero-order valence-electron chi connectivity index (χ0n) is 16.6. The number of aromatic nitrogens is 2. The topological polar surface area (TPSA) is 41.4 Å². The van der Waals surface area contributed by atoms with Gasteiger partial charge < -0.3 is 9.80 Å². The second kappa shape index (κ2) is 7.75. The molecule has 1 aliphatic heterocycles. The fourth-order valence-electron chi connectivity index (χ4n) is 4.30. The minimum absolute atomic E-state index is 0.188. The van der Waals surface area contributed by atoms with Gasteiger partial charge in [-0.15, -0.1) is 0 Å². The number of aryl methyl sites for hydroxylation is 3. The fourth-order valence-corrected chi connectivity index (χ4v) is 4.30. The summed E-state index contributed by atoms with van der Waals surface area (Å²) in [6.07, 6.45) is 8.03. The summed E-state index contributed by atoms with van der Waals surface area (Å²) in [5, 5.41) is 4.69. The SMILES string of the molecule is Cc1cccc(N2CCN(C(=O)Cn3cc4c(n3)CCCCC4)CC2)c1C. The molecule has 5 nitrogen and oxygen atoms in total. The normalized spacial score (nSPS) is 17.6. The van der Waals surface area contributed by atoms with Crippen molar-refractivity contribution in [2.24, 2.45) is 0 Å². The van der Waals surface area contributed by atoms with E-state index >= 15 is 0 Å². The maximum absolute atomic E-state index is 12.8. The first-order valence-corrected chi connectivity index (χ1v) is 10.3. The number of rotatable bonds is 3. The molecule has 2 heterocycles. The third kappa shape index (κ3) is 3.87. The molecule has 1 aromatic heterocycles. The molecule has 5 heteroatoms. The minimum Gasteiger partial charge on any atom is -0.368 e. The molecule has 1 saturated heterocycles. The van der Waals surface area contributed by atoms with Crippen LogP contribution in [0.15, 0.2) is 24.4 Å². The predicted octanol–water partition coefficient (Wildman–Crippen LogP) is 3.12. The van der Waals surface area contributed by atoms with Gasteiger partial charge in [-0.25, -0.2) is 0 Å². The van der Waals surface area contributed by atoms with E-state index in [1.54, 1.807) is 0 Å². The molecule has 0 bridgehead atoms. The third-order valence-corrected chi connectivity index (χ3v) is 6.13. The Labute approximate surface area is 162 Å². The van der Waals surface area contributed by atoms with E-state index in [-0.39, 0.29) is 5.91 Å². The number of benzene rings is 1. The van der Waals surface area contributed by atoms with Crippen molar-refractivity contribution >= 4 is 11.6 Å². The van der Waals surface area contributed by atoms with Crippen LogP contribution in [0.25, 0.3) is 0 Å². The molecule has 4 rings (SSSR count). The molecule has 2 aromatic rings. The monoisotopic (exact) mass is 366 g/mol. The van der Waals surface area contributed by atoms with Crippen LogP contribution in [-0.4, -0.2) is 46.8 Å². The van der Waals surface area contributed by atoms with E-state index in [2.05, 4.69) is 48.2 Å². The summed E-state index contributed by atoms with van der Waals surface area (Å²) >= 11 is 0. The van der Waals surface area contributed by atoms with Crippen LogP contribution in [0.3, 0.4) is 0 Å². The molecular formula is C22H30N4O. The van der Waals surface area contributed by atoms with Crippen LogP contribution in [0.1, 0.15) is 41.6 Å². The van der Waals surface area contributed by atoms with Crippen molar-refractivity contribution in [3.63, 3.8) is 0 Å². The molecule has 0 N–H and O–H groups in total. The number of anilines is 1. The van der Waals surface area contributed by atoms with Crippen LogP contribution < -0.4 is 4.90 Å². The second-order valence-corrected chi connectivity index (χ2v) is 7.95. The highest BCUT2D eigenvalue weighted by Crippen LogP contribution is 2.24. The molecule has 27 heavy (non-hydrogen) atoms. The van der Waals surface area contributed by atoms with Gasteiger partial charge in [-0.05, 0) is 62.3 Å². The third-order valence-electron chi connectivity index (χ3n) is 6.13. The summed E-state index contributed by atoms with van der Waals surface area (Å²) < 4.78 is 1.87. The first kappa shape index (κ1) is 18.1. The summed E-state index contributed by atoms with van der Waals surface area (Å²) in [7, 11) is 0. The summed E-state index contributed by atoms with van der Waals surface area (Å²) in [4.78, 5) is 17.2. The molecule has 1 aromatic carbocycles. The van der Waals surface area contributed by atoms with Crippen molar-refractivity contribution in [2.45, 2.75) is 52.5 Å². The lowest BCUT2D eigenvalue weighted by atomic mass is 10.1. The number of hydrogen-bond acceptors (Lipinski definition) is 3. The molecule has 0 spiro atoms. The van der Waals surface area contributed by atoms with Gasteiger partial charge in [0.1, 0.15) is 6.54 Å². The second-order valence-electron chi connectivity index (χ2n) is 7.95. The molecule has 1 amide bonds. The minimum atomic E-state index is 0.188. The Balaban J connectivity index is 1.35. The van der Waals surface area contributed by atoms with Gasteiger partial charge in [0.15, 0.2) is 0 Å². The number of fused-ring (bicyclic) bond motifs is 1. The quantitative estimate of drug-likeness (QED) is 0.784. The zero-order valence-corrected chi connectivity index (χ0v) is 16.6. The zero-order chi connectivity index (χ0) is 18.8. The van der Waals surface area contributed by atoms with E-state index in [4.69, 9.17) is 0 Å². The van der Waals surface area contributed by atoms with Gasteiger partial charge in [0.25, 0.3) is 0 Å². The standard InChI is InChI=1S/C22H30N4O/c1-17-7-6-10-21(18(17)2)24-11-13-25(14-12-24)22(27)16-26-15-19-8-4-3-5-9-20(19)23-26/h6-7,10,15H,3-5,8-9,11-14,16H2,1-2H3. The van der Waals surface area contributed by atoms with Crippen LogP contribution >= 0.6 is 0 Å².